The van der Waals surface area contributed by atoms with E-state index in [1.54, 1.807) is 0 Å². The van der Waals surface area contributed by atoms with Crippen molar-refractivity contribution in [3.63, 3.8) is 0 Å². The predicted molar refractivity (Wildman–Crippen MR) is 86.9 cm³/mol. The van der Waals surface area contributed by atoms with E-state index in [0.717, 1.165) is 4.90 Å². The van der Waals surface area contributed by atoms with Crippen molar-refractivity contribution in [1.29, 1.82) is 0 Å². The Morgan fingerprint density at radius 1 is 1.16 bits per heavy atom. The van der Waals surface area contributed by atoms with Gasteiger partial charge < -0.3 is 20.3 Å². The van der Waals surface area contributed by atoms with Gasteiger partial charge in [-0.05, 0) is 24.3 Å². The summed E-state index contributed by atoms with van der Waals surface area (Å²) in [4.78, 5) is 46.8. The number of hydrogen-bond donors (Lipinski definition) is 2. The summed E-state index contributed by atoms with van der Waals surface area (Å²) in [5.41, 5.74) is 0.400. The molecule has 0 heterocycles. The van der Waals surface area contributed by atoms with Gasteiger partial charge in [-0.25, -0.2) is 4.39 Å². The Hall–Kier alpha value is -2.97. The van der Waals surface area contributed by atoms with Gasteiger partial charge in [0.05, 0.1) is 13.0 Å². The molecule has 1 aromatic rings. The minimum absolute atomic E-state index is 0.0539. The van der Waals surface area contributed by atoms with E-state index in [2.05, 4.69) is 10.6 Å². The van der Waals surface area contributed by atoms with Crippen LogP contribution in [0.25, 0.3) is 0 Å². The van der Waals surface area contributed by atoms with Crippen LogP contribution in [0.5, 0.6) is 0 Å². The van der Waals surface area contributed by atoms with E-state index >= 15 is 0 Å². The molecule has 136 valence electrons. The molecule has 0 aliphatic rings. The van der Waals surface area contributed by atoms with E-state index < -0.39 is 30.2 Å². The molecule has 1 rings (SSSR count). The normalized spacial score (nSPS) is 9.88. The molecule has 0 aromatic heterocycles. The van der Waals surface area contributed by atoms with Crippen molar-refractivity contribution < 1.29 is 28.3 Å². The Bertz CT molecular complexity index is 633. The first-order chi connectivity index (χ1) is 11.8. The summed E-state index contributed by atoms with van der Waals surface area (Å²) in [7, 11) is 1.39. The highest BCUT2D eigenvalue weighted by Gasteiger charge is 2.15. The lowest BCUT2D eigenvalue weighted by Crippen LogP contribution is -2.37. The van der Waals surface area contributed by atoms with Crippen LogP contribution in [-0.4, -0.2) is 55.3 Å². The van der Waals surface area contributed by atoms with Gasteiger partial charge in [-0.3, -0.25) is 19.2 Å². The van der Waals surface area contributed by atoms with Gasteiger partial charge in [-0.2, -0.15) is 0 Å². The third-order valence-electron chi connectivity index (χ3n) is 2.99. The van der Waals surface area contributed by atoms with Crippen LogP contribution in [0.3, 0.4) is 0 Å². The number of hydrogen-bond acceptors (Lipinski definition) is 5. The van der Waals surface area contributed by atoms with Crippen molar-refractivity contribution in [1.82, 2.24) is 10.2 Å². The van der Waals surface area contributed by atoms with E-state index in [1.807, 2.05) is 0 Å². The molecule has 0 radical (unpaired) electrons. The Labute approximate surface area is 144 Å². The minimum Gasteiger partial charge on any atom is -0.456 e. The SMILES string of the molecule is CC(=O)NCCC(=O)OCC(=O)N(C)CC(=O)Nc1ccc(F)cc1. The summed E-state index contributed by atoms with van der Waals surface area (Å²) >= 11 is 0. The Morgan fingerprint density at radius 3 is 2.40 bits per heavy atom. The molecule has 0 aliphatic carbocycles. The van der Waals surface area contributed by atoms with Gasteiger partial charge in [0.15, 0.2) is 6.61 Å². The van der Waals surface area contributed by atoms with Crippen molar-refractivity contribution in [2.75, 3.05) is 32.1 Å². The van der Waals surface area contributed by atoms with E-state index in [4.69, 9.17) is 4.74 Å². The lowest BCUT2D eigenvalue weighted by molar-refractivity contribution is -0.151. The second-order valence-electron chi connectivity index (χ2n) is 5.20. The highest BCUT2D eigenvalue weighted by molar-refractivity contribution is 5.94. The van der Waals surface area contributed by atoms with Crippen LogP contribution < -0.4 is 10.6 Å². The first-order valence-electron chi connectivity index (χ1n) is 7.47. The monoisotopic (exact) mass is 353 g/mol. The number of ether oxygens (including phenoxy) is 1. The van der Waals surface area contributed by atoms with Gasteiger partial charge in [0, 0.05) is 26.2 Å². The molecule has 9 heteroatoms. The zero-order chi connectivity index (χ0) is 18.8. The van der Waals surface area contributed by atoms with Gasteiger partial charge in [-0.1, -0.05) is 0 Å². The number of halogens is 1. The Balaban J connectivity index is 2.30. The molecule has 0 aliphatic heterocycles. The van der Waals surface area contributed by atoms with Crippen molar-refractivity contribution >= 4 is 29.4 Å². The second kappa shape index (κ2) is 10.0. The summed E-state index contributed by atoms with van der Waals surface area (Å²) in [6, 6.07) is 5.19. The number of nitrogens with one attached hydrogen (secondary N) is 2. The quantitative estimate of drug-likeness (QED) is 0.654. The van der Waals surface area contributed by atoms with Crippen LogP contribution in [0.2, 0.25) is 0 Å². The standard InChI is InChI=1S/C16H20FN3O5/c1-11(21)18-8-7-16(24)25-10-15(23)20(2)9-14(22)19-13-5-3-12(17)4-6-13/h3-6H,7-10H2,1-2H3,(H,18,21)(H,19,22). The number of likely N-dealkylation sites (N-methyl/N-ethyl adjacent to an activating group) is 1. The van der Waals surface area contributed by atoms with Gasteiger partial charge in [0.2, 0.25) is 11.8 Å². The molecule has 0 unspecified atom stereocenters. The number of anilines is 1. The molecule has 2 N–H and O–H groups in total. The van der Waals surface area contributed by atoms with Crippen LogP contribution in [-0.2, 0) is 23.9 Å². The van der Waals surface area contributed by atoms with Crippen LogP contribution in [0.15, 0.2) is 24.3 Å². The molecule has 0 saturated carbocycles. The van der Waals surface area contributed by atoms with E-state index in [0.29, 0.717) is 5.69 Å². The summed E-state index contributed by atoms with van der Waals surface area (Å²) in [5, 5.41) is 4.94. The average molecular weight is 353 g/mol. The number of amides is 3. The average Bonchev–Trinajstić information content (AvgIpc) is 2.54. The number of esters is 1. The summed E-state index contributed by atoms with van der Waals surface area (Å²) < 4.78 is 17.5. The maximum atomic E-state index is 12.8. The molecule has 0 saturated heterocycles. The third-order valence-corrected chi connectivity index (χ3v) is 2.99. The smallest absolute Gasteiger partial charge is 0.308 e. The highest BCUT2D eigenvalue weighted by Crippen LogP contribution is 2.08. The predicted octanol–water partition coefficient (Wildman–Crippen LogP) is 0.292. The number of carbonyl (C=O) groups excluding carboxylic acids is 4. The summed E-state index contributed by atoms with van der Waals surface area (Å²) in [5.74, 6) is -2.35. The first kappa shape index (κ1) is 20.1. The van der Waals surface area contributed by atoms with E-state index in [9.17, 15) is 23.6 Å². The van der Waals surface area contributed by atoms with Crippen LogP contribution in [0, 0.1) is 5.82 Å². The fourth-order valence-corrected chi connectivity index (χ4v) is 1.70. The molecule has 1 aromatic carbocycles. The van der Waals surface area contributed by atoms with E-state index in [1.165, 1.54) is 38.2 Å². The fraction of sp³-hybridized carbons (Fsp3) is 0.375. The molecule has 0 spiro atoms. The Kier molecular flexibility index (Phi) is 8.04. The molecule has 0 fully saturated rings. The Morgan fingerprint density at radius 2 is 1.80 bits per heavy atom. The van der Waals surface area contributed by atoms with Crippen LogP contribution in [0.1, 0.15) is 13.3 Å². The number of nitrogens with zero attached hydrogens (tertiary/aromatic N) is 1. The maximum Gasteiger partial charge on any atom is 0.308 e. The molecular weight excluding hydrogens is 333 g/mol. The fourth-order valence-electron chi connectivity index (χ4n) is 1.70. The molecular formula is C16H20FN3O5. The highest BCUT2D eigenvalue weighted by atomic mass is 19.1. The van der Waals surface area contributed by atoms with Gasteiger partial charge >= 0.3 is 5.97 Å². The topological polar surface area (TPSA) is 105 Å². The summed E-state index contributed by atoms with van der Waals surface area (Å²) in [6.45, 7) is 0.692. The van der Waals surface area contributed by atoms with Crippen LogP contribution >= 0.6 is 0 Å². The number of benzene rings is 1. The zero-order valence-electron chi connectivity index (χ0n) is 14.0. The first-order valence-corrected chi connectivity index (χ1v) is 7.47. The number of carbonyl (C=O) groups is 4. The van der Waals surface area contributed by atoms with Gasteiger partial charge in [0.25, 0.3) is 5.91 Å². The molecule has 8 nitrogen and oxygen atoms in total. The van der Waals surface area contributed by atoms with Crippen molar-refractivity contribution in [3.8, 4) is 0 Å². The van der Waals surface area contributed by atoms with Crippen molar-refractivity contribution in [2.45, 2.75) is 13.3 Å². The second-order valence-corrected chi connectivity index (χ2v) is 5.20. The summed E-state index contributed by atoms with van der Waals surface area (Å²) in [6.07, 6.45) is -0.0539. The van der Waals surface area contributed by atoms with Gasteiger partial charge in [-0.15, -0.1) is 0 Å². The molecule has 25 heavy (non-hydrogen) atoms. The largest absolute Gasteiger partial charge is 0.456 e. The minimum atomic E-state index is -0.633. The molecule has 0 atom stereocenters. The zero-order valence-corrected chi connectivity index (χ0v) is 14.0. The van der Waals surface area contributed by atoms with Crippen molar-refractivity contribution in [3.05, 3.63) is 30.1 Å². The lowest BCUT2D eigenvalue weighted by Gasteiger charge is -2.16. The van der Waals surface area contributed by atoms with Crippen LogP contribution in [0.4, 0.5) is 10.1 Å². The van der Waals surface area contributed by atoms with E-state index in [-0.39, 0.29) is 25.4 Å². The lowest BCUT2D eigenvalue weighted by atomic mass is 10.3. The third kappa shape index (κ3) is 8.45. The van der Waals surface area contributed by atoms with Crippen molar-refractivity contribution in [2.24, 2.45) is 0 Å². The maximum absolute atomic E-state index is 12.8. The van der Waals surface area contributed by atoms with Gasteiger partial charge in [0.1, 0.15) is 5.82 Å². The molecule has 3 amide bonds. The molecule has 0 bridgehead atoms. The number of rotatable bonds is 8.